The van der Waals surface area contributed by atoms with Gasteiger partial charge < -0.3 is 9.64 Å². The van der Waals surface area contributed by atoms with Crippen LogP contribution in [0.2, 0.25) is 0 Å². The number of hydrogen-bond acceptors (Lipinski definition) is 3. The number of hydrogen-bond donors (Lipinski definition) is 0. The Bertz CT molecular complexity index is 468. The molecule has 1 aliphatic heterocycles. The Morgan fingerprint density at radius 3 is 2.55 bits per heavy atom. The first-order valence-corrected chi connectivity index (χ1v) is 8.45. The van der Waals surface area contributed by atoms with Crippen LogP contribution in [0, 0.1) is 0 Å². The first-order chi connectivity index (χ1) is 10.7. The van der Waals surface area contributed by atoms with Crippen LogP contribution in [0.3, 0.4) is 0 Å². The zero-order valence-electron chi connectivity index (χ0n) is 13.9. The summed E-state index contributed by atoms with van der Waals surface area (Å²) in [7, 11) is 0. The molecule has 1 aliphatic rings. The summed E-state index contributed by atoms with van der Waals surface area (Å²) in [6, 6.07) is 8.23. The van der Waals surface area contributed by atoms with Gasteiger partial charge in [-0.25, -0.2) is 0 Å². The van der Waals surface area contributed by atoms with E-state index in [0.29, 0.717) is 18.9 Å². The summed E-state index contributed by atoms with van der Waals surface area (Å²) in [5, 5.41) is 0. The molecular weight excluding hydrogens is 276 g/mol. The minimum atomic E-state index is 0.316. The lowest BCUT2D eigenvalue weighted by Crippen LogP contribution is -2.48. The summed E-state index contributed by atoms with van der Waals surface area (Å²) >= 11 is 0. The molecule has 0 unspecified atom stereocenters. The molecule has 0 bridgehead atoms. The van der Waals surface area contributed by atoms with E-state index in [0.717, 1.165) is 51.3 Å². The molecule has 0 saturated carbocycles. The van der Waals surface area contributed by atoms with E-state index < -0.39 is 0 Å². The summed E-state index contributed by atoms with van der Waals surface area (Å²) in [4.78, 5) is 16.5. The summed E-state index contributed by atoms with van der Waals surface area (Å²) < 4.78 is 5.69. The third-order valence-electron chi connectivity index (χ3n) is 4.14. The van der Waals surface area contributed by atoms with Crippen molar-refractivity contribution in [1.29, 1.82) is 0 Å². The lowest BCUT2D eigenvalue weighted by Gasteiger charge is -2.35. The van der Waals surface area contributed by atoms with Gasteiger partial charge in [-0.1, -0.05) is 31.5 Å². The number of carbonyl (C=O) groups is 1. The molecule has 0 atom stereocenters. The number of para-hydroxylation sites is 1. The quantitative estimate of drug-likeness (QED) is 0.776. The molecule has 1 aromatic rings. The fourth-order valence-electron chi connectivity index (χ4n) is 2.81. The average molecular weight is 304 g/mol. The molecule has 0 aliphatic carbocycles. The third kappa shape index (κ3) is 4.73. The number of piperazine rings is 1. The number of unbranched alkanes of at least 4 members (excludes halogenated alkanes) is 1. The fraction of sp³-hybridized carbons (Fsp3) is 0.611. The molecule has 122 valence electrons. The molecular formula is C18H28N2O2. The van der Waals surface area contributed by atoms with Crippen LogP contribution in [0.1, 0.15) is 38.7 Å². The molecule has 1 heterocycles. The standard InChI is InChI=1S/C18H28N2O2/c1-3-5-10-18(21)20-13-11-19(12-14-20)15-16-8-6-7-9-17(16)22-4-2/h6-9H,3-5,10-15H2,1-2H3. The second kappa shape index (κ2) is 8.79. The molecule has 0 spiro atoms. The lowest BCUT2D eigenvalue weighted by atomic mass is 10.1. The van der Waals surface area contributed by atoms with Gasteiger partial charge in [-0.15, -0.1) is 0 Å². The van der Waals surface area contributed by atoms with Crippen LogP contribution in [-0.4, -0.2) is 48.5 Å². The van der Waals surface area contributed by atoms with Gasteiger partial charge in [0.05, 0.1) is 6.61 Å². The normalized spacial score (nSPS) is 15.8. The van der Waals surface area contributed by atoms with Crippen LogP contribution in [0.5, 0.6) is 5.75 Å². The molecule has 2 rings (SSSR count). The van der Waals surface area contributed by atoms with Crippen molar-refractivity contribution in [2.24, 2.45) is 0 Å². The second-order valence-electron chi connectivity index (χ2n) is 5.80. The maximum atomic E-state index is 12.0. The lowest BCUT2D eigenvalue weighted by molar-refractivity contribution is -0.133. The SMILES string of the molecule is CCCCC(=O)N1CCN(Cc2ccccc2OCC)CC1. The number of ether oxygens (including phenoxy) is 1. The molecule has 0 N–H and O–H groups in total. The highest BCUT2D eigenvalue weighted by Gasteiger charge is 2.21. The van der Waals surface area contributed by atoms with E-state index in [2.05, 4.69) is 24.0 Å². The van der Waals surface area contributed by atoms with Gasteiger partial charge in [0, 0.05) is 44.7 Å². The van der Waals surface area contributed by atoms with Crippen LogP contribution in [0.15, 0.2) is 24.3 Å². The van der Waals surface area contributed by atoms with E-state index in [9.17, 15) is 4.79 Å². The number of rotatable bonds is 7. The molecule has 4 heteroatoms. The smallest absolute Gasteiger partial charge is 0.222 e. The zero-order valence-corrected chi connectivity index (χ0v) is 13.9. The van der Waals surface area contributed by atoms with Crippen molar-refractivity contribution < 1.29 is 9.53 Å². The number of carbonyl (C=O) groups excluding carboxylic acids is 1. The highest BCUT2D eigenvalue weighted by atomic mass is 16.5. The van der Waals surface area contributed by atoms with Gasteiger partial charge in [-0.3, -0.25) is 9.69 Å². The molecule has 4 nitrogen and oxygen atoms in total. The van der Waals surface area contributed by atoms with E-state index in [1.807, 2.05) is 24.0 Å². The molecule has 1 saturated heterocycles. The highest BCUT2D eigenvalue weighted by molar-refractivity contribution is 5.76. The molecule has 0 radical (unpaired) electrons. The van der Waals surface area contributed by atoms with E-state index >= 15 is 0 Å². The highest BCUT2D eigenvalue weighted by Crippen LogP contribution is 2.20. The summed E-state index contributed by atoms with van der Waals surface area (Å²) in [5.74, 6) is 1.29. The van der Waals surface area contributed by atoms with E-state index in [1.165, 1.54) is 5.56 Å². The minimum absolute atomic E-state index is 0.316. The van der Waals surface area contributed by atoms with Crippen molar-refractivity contribution in [3.05, 3.63) is 29.8 Å². The number of benzene rings is 1. The molecule has 0 aromatic heterocycles. The van der Waals surface area contributed by atoms with Crippen molar-refractivity contribution in [1.82, 2.24) is 9.80 Å². The van der Waals surface area contributed by atoms with Crippen molar-refractivity contribution in [3.63, 3.8) is 0 Å². The summed E-state index contributed by atoms with van der Waals surface area (Å²) in [6.45, 7) is 9.30. The Kier molecular flexibility index (Phi) is 6.72. The molecule has 1 amide bonds. The minimum Gasteiger partial charge on any atom is -0.494 e. The van der Waals surface area contributed by atoms with Crippen molar-refractivity contribution in [2.45, 2.75) is 39.7 Å². The van der Waals surface area contributed by atoms with E-state index in [1.54, 1.807) is 0 Å². The van der Waals surface area contributed by atoms with E-state index in [-0.39, 0.29) is 0 Å². The zero-order chi connectivity index (χ0) is 15.8. The summed E-state index contributed by atoms with van der Waals surface area (Å²) in [6.07, 6.45) is 2.78. The van der Waals surface area contributed by atoms with Gasteiger partial charge >= 0.3 is 0 Å². The predicted octanol–water partition coefficient (Wildman–Crippen LogP) is 2.92. The summed E-state index contributed by atoms with van der Waals surface area (Å²) in [5.41, 5.74) is 1.23. The Morgan fingerprint density at radius 2 is 1.86 bits per heavy atom. The van der Waals surface area contributed by atoms with Crippen molar-refractivity contribution in [2.75, 3.05) is 32.8 Å². The number of amides is 1. The largest absolute Gasteiger partial charge is 0.494 e. The maximum absolute atomic E-state index is 12.0. The van der Waals surface area contributed by atoms with Crippen LogP contribution < -0.4 is 4.74 Å². The fourth-order valence-corrected chi connectivity index (χ4v) is 2.81. The predicted molar refractivity (Wildman–Crippen MR) is 89.0 cm³/mol. The molecule has 22 heavy (non-hydrogen) atoms. The Hall–Kier alpha value is -1.55. The third-order valence-corrected chi connectivity index (χ3v) is 4.14. The van der Waals surface area contributed by atoms with Crippen molar-refractivity contribution in [3.8, 4) is 5.75 Å². The molecule has 1 fully saturated rings. The maximum Gasteiger partial charge on any atom is 0.222 e. The van der Waals surface area contributed by atoms with Gasteiger partial charge in [0.25, 0.3) is 0 Å². The Labute approximate surface area is 134 Å². The van der Waals surface area contributed by atoms with Gasteiger partial charge in [0.1, 0.15) is 5.75 Å². The average Bonchev–Trinajstić information content (AvgIpc) is 2.55. The van der Waals surface area contributed by atoms with Crippen LogP contribution in [0.25, 0.3) is 0 Å². The van der Waals surface area contributed by atoms with Crippen LogP contribution >= 0.6 is 0 Å². The molecule has 1 aromatic carbocycles. The van der Waals surface area contributed by atoms with Crippen LogP contribution in [-0.2, 0) is 11.3 Å². The Balaban J connectivity index is 1.84. The van der Waals surface area contributed by atoms with E-state index in [4.69, 9.17) is 4.74 Å². The first kappa shape index (κ1) is 16.8. The monoisotopic (exact) mass is 304 g/mol. The first-order valence-electron chi connectivity index (χ1n) is 8.45. The van der Waals surface area contributed by atoms with Gasteiger partial charge in [0.2, 0.25) is 5.91 Å². The Morgan fingerprint density at radius 1 is 1.14 bits per heavy atom. The van der Waals surface area contributed by atoms with Gasteiger partial charge in [-0.05, 0) is 19.4 Å². The topological polar surface area (TPSA) is 32.8 Å². The number of nitrogens with zero attached hydrogens (tertiary/aromatic N) is 2. The van der Waals surface area contributed by atoms with Gasteiger partial charge in [0.15, 0.2) is 0 Å². The van der Waals surface area contributed by atoms with Crippen molar-refractivity contribution >= 4 is 5.91 Å². The van der Waals surface area contributed by atoms with Gasteiger partial charge in [-0.2, -0.15) is 0 Å². The second-order valence-corrected chi connectivity index (χ2v) is 5.80. The van der Waals surface area contributed by atoms with Crippen LogP contribution in [0.4, 0.5) is 0 Å².